The van der Waals surface area contributed by atoms with Crippen LogP contribution in [0.1, 0.15) is 10.6 Å². The Morgan fingerprint density at radius 3 is 2.38 bits per heavy atom. The van der Waals surface area contributed by atoms with E-state index in [2.05, 4.69) is 9.83 Å². The third kappa shape index (κ3) is 4.61. The van der Waals surface area contributed by atoms with E-state index in [9.17, 15) is 26.3 Å². The predicted octanol–water partition coefficient (Wildman–Crippen LogP) is 5.28. The molecule has 0 atom stereocenters. The number of nitrogens with zero attached hydrogens (tertiary/aromatic N) is 3. The van der Waals surface area contributed by atoms with Gasteiger partial charge in [0.1, 0.15) is 11.6 Å². The quantitative estimate of drug-likeness (QED) is 0.543. The molecule has 1 aromatic heterocycles. The molecular formula is C14H9F6N3S. The summed E-state index contributed by atoms with van der Waals surface area (Å²) in [7, 11) is 0. The zero-order valence-electron chi connectivity index (χ0n) is 11.8. The van der Waals surface area contributed by atoms with Crippen molar-refractivity contribution in [2.45, 2.75) is 18.9 Å². The van der Waals surface area contributed by atoms with Crippen molar-refractivity contribution in [3.8, 4) is 0 Å². The molecule has 2 rings (SSSR count). The summed E-state index contributed by atoms with van der Waals surface area (Å²) < 4.78 is 77.3. The standard InChI is InChI=1S/C14H9F6N3S/c1-21-11-3-2-9(6-10(11)14(18,19)20)23(8-13(15,16)17)7-12-22-4-5-24-12/h2-6H,7-8H2. The average Bonchev–Trinajstić information content (AvgIpc) is 2.96. The number of benzene rings is 1. The highest BCUT2D eigenvalue weighted by atomic mass is 32.1. The van der Waals surface area contributed by atoms with Gasteiger partial charge in [-0.2, -0.15) is 26.3 Å². The molecule has 0 unspecified atom stereocenters. The molecular weight excluding hydrogens is 356 g/mol. The van der Waals surface area contributed by atoms with E-state index >= 15 is 0 Å². The van der Waals surface area contributed by atoms with Gasteiger partial charge in [-0.05, 0) is 12.1 Å². The van der Waals surface area contributed by atoms with Crippen molar-refractivity contribution < 1.29 is 26.3 Å². The Balaban J connectivity index is 2.44. The molecule has 0 aliphatic carbocycles. The number of hydrogen-bond donors (Lipinski definition) is 0. The Bertz CT molecular complexity index is 730. The number of aromatic nitrogens is 1. The molecule has 0 fully saturated rings. The van der Waals surface area contributed by atoms with E-state index in [-0.39, 0.29) is 12.2 Å². The van der Waals surface area contributed by atoms with Crippen molar-refractivity contribution in [1.29, 1.82) is 0 Å². The first-order valence-corrected chi connectivity index (χ1v) is 7.27. The van der Waals surface area contributed by atoms with Gasteiger partial charge >= 0.3 is 12.4 Å². The van der Waals surface area contributed by atoms with Gasteiger partial charge < -0.3 is 4.90 Å². The minimum absolute atomic E-state index is 0.276. The van der Waals surface area contributed by atoms with Gasteiger partial charge in [0, 0.05) is 17.3 Å². The van der Waals surface area contributed by atoms with E-state index in [1.54, 1.807) is 5.38 Å². The smallest absolute Gasteiger partial charge is 0.356 e. The highest BCUT2D eigenvalue weighted by Crippen LogP contribution is 2.39. The fourth-order valence-corrected chi connectivity index (χ4v) is 2.63. The molecule has 0 N–H and O–H groups in total. The molecule has 2 aromatic rings. The van der Waals surface area contributed by atoms with Gasteiger partial charge in [-0.3, -0.25) is 0 Å². The van der Waals surface area contributed by atoms with Crippen molar-refractivity contribution in [2.24, 2.45) is 0 Å². The largest absolute Gasteiger partial charge is 0.407 e. The number of anilines is 1. The third-order valence-electron chi connectivity index (χ3n) is 2.95. The fraction of sp³-hybridized carbons (Fsp3) is 0.286. The first-order chi connectivity index (χ1) is 11.1. The normalized spacial score (nSPS) is 12.0. The van der Waals surface area contributed by atoms with E-state index in [0.29, 0.717) is 11.1 Å². The number of rotatable bonds is 4. The Kier molecular flexibility index (Phi) is 5.03. The summed E-state index contributed by atoms with van der Waals surface area (Å²) in [5.74, 6) is 0. The zero-order chi connectivity index (χ0) is 18.0. The lowest BCUT2D eigenvalue weighted by Crippen LogP contribution is -2.34. The average molecular weight is 365 g/mol. The summed E-state index contributed by atoms with van der Waals surface area (Å²) in [6.45, 7) is 5.05. The van der Waals surface area contributed by atoms with Gasteiger partial charge in [0.05, 0.1) is 18.7 Å². The lowest BCUT2D eigenvalue weighted by Gasteiger charge is -2.26. The Labute approximate surface area is 137 Å². The van der Waals surface area contributed by atoms with Gasteiger partial charge in [-0.15, -0.1) is 11.3 Å². The van der Waals surface area contributed by atoms with Crippen molar-refractivity contribution in [3.05, 3.63) is 51.8 Å². The molecule has 3 nitrogen and oxygen atoms in total. The first kappa shape index (κ1) is 18.1. The summed E-state index contributed by atoms with van der Waals surface area (Å²) in [4.78, 5) is 7.37. The molecule has 1 aromatic carbocycles. The van der Waals surface area contributed by atoms with E-state index in [0.717, 1.165) is 28.4 Å². The molecule has 0 radical (unpaired) electrons. The Hall–Kier alpha value is -2.28. The molecule has 24 heavy (non-hydrogen) atoms. The zero-order valence-corrected chi connectivity index (χ0v) is 12.6. The van der Waals surface area contributed by atoms with E-state index in [4.69, 9.17) is 6.57 Å². The molecule has 128 valence electrons. The highest BCUT2D eigenvalue weighted by molar-refractivity contribution is 7.09. The molecule has 1 heterocycles. The molecule has 0 saturated carbocycles. The minimum Gasteiger partial charge on any atom is -0.356 e. The second-order valence-electron chi connectivity index (χ2n) is 4.71. The summed E-state index contributed by atoms with van der Waals surface area (Å²) >= 11 is 1.10. The van der Waals surface area contributed by atoms with Crippen LogP contribution in [-0.2, 0) is 12.7 Å². The summed E-state index contributed by atoms with van der Waals surface area (Å²) in [6, 6.07) is 2.51. The van der Waals surface area contributed by atoms with Crippen LogP contribution < -0.4 is 4.90 Å². The Morgan fingerprint density at radius 2 is 1.88 bits per heavy atom. The van der Waals surface area contributed by atoms with Crippen molar-refractivity contribution in [1.82, 2.24) is 4.98 Å². The third-order valence-corrected chi connectivity index (χ3v) is 3.72. The minimum atomic E-state index is -4.83. The van der Waals surface area contributed by atoms with E-state index in [1.807, 2.05) is 0 Å². The summed E-state index contributed by atoms with van der Waals surface area (Å²) in [5, 5.41) is 1.90. The summed E-state index contributed by atoms with van der Waals surface area (Å²) in [6.07, 6.45) is -8.04. The van der Waals surface area contributed by atoms with Crippen molar-refractivity contribution >= 4 is 22.7 Å². The van der Waals surface area contributed by atoms with E-state index < -0.39 is 30.1 Å². The van der Waals surface area contributed by atoms with E-state index in [1.165, 1.54) is 6.20 Å². The van der Waals surface area contributed by atoms with Gasteiger partial charge in [0.25, 0.3) is 0 Å². The number of hydrogen-bond acceptors (Lipinski definition) is 3. The maximum atomic E-state index is 13.0. The van der Waals surface area contributed by atoms with Crippen LogP contribution in [0, 0.1) is 6.57 Å². The molecule has 10 heteroatoms. The lowest BCUT2D eigenvalue weighted by molar-refractivity contribution is -0.136. The highest BCUT2D eigenvalue weighted by Gasteiger charge is 2.36. The van der Waals surface area contributed by atoms with Crippen LogP contribution in [0.2, 0.25) is 0 Å². The topological polar surface area (TPSA) is 20.5 Å². The monoisotopic (exact) mass is 365 g/mol. The van der Waals surface area contributed by atoms with Crippen LogP contribution in [-0.4, -0.2) is 17.7 Å². The second-order valence-corrected chi connectivity index (χ2v) is 5.69. The summed E-state index contributed by atoms with van der Waals surface area (Å²) in [5.41, 5.74) is -2.20. The van der Waals surface area contributed by atoms with Crippen LogP contribution in [0.5, 0.6) is 0 Å². The fourth-order valence-electron chi connectivity index (χ4n) is 1.99. The van der Waals surface area contributed by atoms with Crippen LogP contribution in [0.15, 0.2) is 29.8 Å². The van der Waals surface area contributed by atoms with Crippen LogP contribution in [0.4, 0.5) is 37.7 Å². The second kappa shape index (κ2) is 6.68. The molecule has 0 aliphatic rings. The van der Waals surface area contributed by atoms with Crippen molar-refractivity contribution in [3.63, 3.8) is 0 Å². The van der Waals surface area contributed by atoms with Gasteiger partial charge in [-0.1, -0.05) is 6.07 Å². The number of halogens is 6. The predicted molar refractivity (Wildman–Crippen MR) is 76.9 cm³/mol. The molecule has 0 aliphatic heterocycles. The van der Waals surface area contributed by atoms with Crippen LogP contribution in [0.3, 0.4) is 0 Å². The SMILES string of the molecule is [C-]#[N+]c1ccc(N(Cc2nccs2)CC(F)(F)F)cc1C(F)(F)F. The maximum Gasteiger partial charge on any atom is 0.407 e. The van der Waals surface area contributed by atoms with Gasteiger partial charge in [0.2, 0.25) is 0 Å². The molecule has 0 amide bonds. The van der Waals surface area contributed by atoms with Crippen LogP contribution >= 0.6 is 11.3 Å². The van der Waals surface area contributed by atoms with Gasteiger partial charge in [-0.25, -0.2) is 9.83 Å². The molecule has 0 spiro atoms. The maximum absolute atomic E-state index is 13.0. The Morgan fingerprint density at radius 1 is 1.17 bits per heavy atom. The molecule has 0 bridgehead atoms. The van der Waals surface area contributed by atoms with Crippen molar-refractivity contribution in [2.75, 3.05) is 11.4 Å². The number of alkyl halides is 6. The van der Waals surface area contributed by atoms with Gasteiger partial charge in [0.15, 0.2) is 5.69 Å². The lowest BCUT2D eigenvalue weighted by atomic mass is 10.1. The van der Waals surface area contributed by atoms with Crippen LogP contribution in [0.25, 0.3) is 4.85 Å². The number of thiazole rings is 1. The molecule has 0 saturated heterocycles. The first-order valence-electron chi connectivity index (χ1n) is 6.39.